The highest BCUT2D eigenvalue weighted by Gasteiger charge is 2.58. The van der Waals surface area contributed by atoms with Crippen LogP contribution in [0.25, 0.3) is 0 Å². The number of halogens is 3. The molecule has 0 aromatic rings. The molecule has 0 aromatic carbocycles. The predicted octanol–water partition coefficient (Wildman–Crippen LogP) is 2.57. The maximum atomic E-state index is 13.0. The standard InChI is InChI=1S/C13H17F3O2/c1-11(2,17)9-7-4-5-8(6-7)10(9)12(3,18)13(14,15)16/h4-5,7-8,17-18H,6H2,1-3H3. The second-order valence-electron chi connectivity index (χ2n) is 5.79. The minimum atomic E-state index is -4.74. The van der Waals surface area contributed by atoms with E-state index in [4.69, 9.17) is 0 Å². The van der Waals surface area contributed by atoms with E-state index in [1.807, 2.05) is 6.08 Å². The lowest BCUT2D eigenvalue weighted by molar-refractivity contribution is -0.239. The minimum Gasteiger partial charge on any atom is -0.386 e. The third-order valence-electron chi connectivity index (χ3n) is 3.85. The van der Waals surface area contributed by atoms with Crippen molar-refractivity contribution >= 4 is 0 Å². The highest BCUT2D eigenvalue weighted by Crippen LogP contribution is 2.54. The van der Waals surface area contributed by atoms with Gasteiger partial charge in [0.05, 0.1) is 5.60 Å². The van der Waals surface area contributed by atoms with Gasteiger partial charge in [0.25, 0.3) is 0 Å². The highest BCUT2D eigenvalue weighted by atomic mass is 19.4. The summed E-state index contributed by atoms with van der Waals surface area (Å²) in [6.07, 6.45) is -0.721. The highest BCUT2D eigenvalue weighted by molar-refractivity contribution is 5.46. The molecule has 0 saturated carbocycles. The lowest BCUT2D eigenvalue weighted by atomic mass is 9.78. The predicted molar refractivity (Wildman–Crippen MR) is 60.7 cm³/mol. The smallest absolute Gasteiger partial charge is 0.386 e. The largest absolute Gasteiger partial charge is 0.420 e. The number of alkyl halides is 3. The Morgan fingerprint density at radius 1 is 1.00 bits per heavy atom. The topological polar surface area (TPSA) is 40.5 Å². The van der Waals surface area contributed by atoms with Crippen LogP contribution in [0.15, 0.2) is 23.3 Å². The quantitative estimate of drug-likeness (QED) is 0.751. The van der Waals surface area contributed by atoms with Gasteiger partial charge in [-0.15, -0.1) is 0 Å². The Kier molecular flexibility index (Phi) is 2.73. The molecular weight excluding hydrogens is 245 g/mol. The van der Waals surface area contributed by atoms with Gasteiger partial charge < -0.3 is 10.2 Å². The van der Waals surface area contributed by atoms with Crippen molar-refractivity contribution in [3.05, 3.63) is 23.3 Å². The molecule has 3 atom stereocenters. The number of aliphatic hydroxyl groups is 2. The van der Waals surface area contributed by atoms with Gasteiger partial charge in [0.2, 0.25) is 0 Å². The summed E-state index contributed by atoms with van der Waals surface area (Å²) in [7, 11) is 0. The molecule has 102 valence electrons. The van der Waals surface area contributed by atoms with Gasteiger partial charge in [-0.1, -0.05) is 12.2 Å². The molecular formula is C13H17F3O2. The van der Waals surface area contributed by atoms with Crippen LogP contribution in [0.4, 0.5) is 13.2 Å². The van der Waals surface area contributed by atoms with Crippen LogP contribution in [0.5, 0.6) is 0 Å². The summed E-state index contributed by atoms with van der Waals surface area (Å²) in [4.78, 5) is 0. The zero-order valence-corrected chi connectivity index (χ0v) is 10.5. The van der Waals surface area contributed by atoms with Gasteiger partial charge in [0, 0.05) is 11.8 Å². The lowest BCUT2D eigenvalue weighted by Crippen LogP contribution is -2.47. The number of hydrogen-bond donors (Lipinski definition) is 2. The molecule has 3 unspecified atom stereocenters. The lowest BCUT2D eigenvalue weighted by Gasteiger charge is -2.35. The molecule has 0 spiro atoms. The molecule has 2 aliphatic carbocycles. The fraction of sp³-hybridized carbons (Fsp3) is 0.692. The first-order valence-electron chi connectivity index (χ1n) is 5.91. The third-order valence-corrected chi connectivity index (χ3v) is 3.85. The van der Waals surface area contributed by atoms with Crippen LogP contribution in [0.1, 0.15) is 27.2 Å². The van der Waals surface area contributed by atoms with Crippen molar-refractivity contribution in [3.63, 3.8) is 0 Å². The van der Waals surface area contributed by atoms with Gasteiger partial charge >= 0.3 is 6.18 Å². The molecule has 2 rings (SSSR count). The molecule has 0 heterocycles. The number of allylic oxidation sites excluding steroid dienone is 2. The summed E-state index contributed by atoms with van der Waals surface area (Å²) in [5.41, 5.74) is -3.99. The van der Waals surface area contributed by atoms with E-state index in [1.54, 1.807) is 6.08 Å². The van der Waals surface area contributed by atoms with E-state index >= 15 is 0 Å². The molecule has 0 aromatic heterocycles. The van der Waals surface area contributed by atoms with Crippen molar-refractivity contribution < 1.29 is 23.4 Å². The van der Waals surface area contributed by atoms with Crippen LogP contribution in [0.3, 0.4) is 0 Å². The minimum absolute atomic E-state index is 0.0741. The second-order valence-corrected chi connectivity index (χ2v) is 5.79. The normalized spacial score (nSPS) is 31.1. The van der Waals surface area contributed by atoms with Crippen LogP contribution >= 0.6 is 0 Å². The van der Waals surface area contributed by atoms with E-state index in [9.17, 15) is 23.4 Å². The summed E-state index contributed by atoms with van der Waals surface area (Å²) in [5, 5.41) is 19.9. The first-order chi connectivity index (χ1) is 7.96. The molecule has 2 N–H and O–H groups in total. The molecule has 0 fully saturated rings. The van der Waals surface area contributed by atoms with Crippen LogP contribution in [0, 0.1) is 11.8 Å². The van der Waals surface area contributed by atoms with Gasteiger partial charge in [-0.25, -0.2) is 0 Å². The SMILES string of the molecule is CC(C)(O)C1=C(C(C)(O)C(F)(F)F)C2C=CC1C2. The van der Waals surface area contributed by atoms with E-state index < -0.39 is 23.3 Å². The summed E-state index contributed by atoms with van der Waals surface area (Å²) in [6.45, 7) is 3.69. The Labute approximate surface area is 104 Å². The molecule has 0 amide bonds. The fourth-order valence-corrected chi connectivity index (χ4v) is 3.09. The van der Waals surface area contributed by atoms with Crippen molar-refractivity contribution in [1.82, 2.24) is 0 Å². The average Bonchev–Trinajstić information content (AvgIpc) is 2.72. The monoisotopic (exact) mass is 262 g/mol. The van der Waals surface area contributed by atoms with E-state index in [0.29, 0.717) is 12.0 Å². The van der Waals surface area contributed by atoms with Crippen LogP contribution in [-0.2, 0) is 0 Å². The maximum absolute atomic E-state index is 13.0. The van der Waals surface area contributed by atoms with Crippen molar-refractivity contribution in [2.75, 3.05) is 0 Å². The van der Waals surface area contributed by atoms with Crippen LogP contribution < -0.4 is 0 Å². The van der Waals surface area contributed by atoms with E-state index in [1.165, 1.54) is 13.8 Å². The number of hydrogen-bond acceptors (Lipinski definition) is 2. The second kappa shape index (κ2) is 3.61. The maximum Gasteiger partial charge on any atom is 0.420 e. The average molecular weight is 262 g/mol. The Morgan fingerprint density at radius 2 is 1.44 bits per heavy atom. The molecule has 2 nitrogen and oxygen atoms in total. The molecule has 5 heteroatoms. The number of fused-ring (bicyclic) bond motifs is 2. The fourth-order valence-electron chi connectivity index (χ4n) is 3.09. The van der Waals surface area contributed by atoms with E-state index in [2.05, 4.69) is 0 Å². The first kappa shape index (κ1) is 13.6. The summed E-state index contributed by atoms with van der Waals surface area (Å²) >= 11 is 0. The Hall–Kier alpha value is -0.810. The molecule has 0 radical (unpaired) electrons. The van der Waals surface area contributed by atoms with Crippen molar-refractivity contribution in [2.45, 2.75) is 44.6 Å². The van der Waals surface area contributed by atoms with Gasteiger partial charge in [-0.05, 0) is 38.3 Å². The third kappa shape index (κ3) is 1.80. The van der Waals surface area contributed by atoms with Gasteiger partial charge in [0.15, 0.2) is 5.60 Å². The van der Waals surface area contributed by atoms with Gasteiger partial charge in [0.1, 0.15) is 0 Å². The van der Waals surface area contributed by atoms with Gasteiger partial charge in [-0.3, -0.25) is 0 Å². The van der Waals surface area contributed by atoms with E-state index in [-0.39, 0.29) is 11.5 Å². The van der Waals surface area contributed by atoms with Crippen LogP contribution in [-0.4, -0.2) is 27.6 Å². The molecule has 18 heavy (non-hydrogen) atoms. The van der Waals surface area contributed by atoms with E-state index in [0.717, 1.165) is 6.92 Å². The Balaban J connectivity index is 2.56. The summed E-state index contributed by atoms with van der Waals surface area (Å²) < 4.78 is 38.9. The van der Waals surface area contributed by atoms with Crippen molar-refractivity contribution in [1.29, 1.82) is 0 Å². The van der Waals surface area contributed by atoms with Gasteiger partial charge in [-0.2, -0.15) is 13.2 Å². The zero-order chi connectivity index (χ0) is 13.9. The van der Waals surface area contributed by atoms with Crippen molar-refractivity contribution in [2.24, 2.45) is 11.8 Å². The molecule has 0 aliphatic heterocycles. The molecule has 0 saturated heterocycles. The Bertz CT molecular complexity index is 424. The van der Waals surface area contributed by atoms with Crippen LogP contribution in [0.2, 0.25) is 0 Å². The summed E-state index contributed by atoms with van der Waals surface area (Å²) in [6, 6.07) is 0. The number of rotatable bonds is 2. The zero-order valence-electron chi connectivity index (χ0n) is 10.5. The molecule has 2 bridgehead atoms. The molecule has 2 aliphatic rings. The van der Waals surface area contributed by atoms with Crippen molar-refractivity contribution in [3.8, 4) is 0 Å². The first-order valence-corrected chi connectivity index (χ1v) is 5.91. The summed E-state index contributed by atoms with van der Waals surface area (Å²) in [5.74, 6) is -0.619. The Morgan fingerprint density at radius 3 is 1.83 bits per heavy atom.